The number of aromatic nitrogens is 2. The van der Waals surface area contributed by atoms with Crippen molar-refractivity contribution in [1.29, 1.82) is 0 Å². The molecule has 0 bridgehead atoms. The summed E-state index contributed by atoms with van der Waals surface area (Å²) in [6.07, 6.45) is -2.81. The first kappa shape index (κ1) is 27.7. The molecule has 1 saturated heterocycles. The molecule has 10 heteroatoms. The van der Waals surface area contributed by atoms with E-state index in [2.05, 4.69) is 4.98 Å². The van der Waals surface area contributed by atoms with E-state index < -0.39 is 45.6 Å². The van der Waals surface area contributed by atoms with Gasteiger partial charge in [0, 0.05) is 12.3 Å². The van der Waals surface area contributed by atoms with E-state index in [1.807, 2.05) is 54.6 Å². The Hall–Kier alpha value is -3.83. The van der Waals surface area contributed by atoms with Gasteiger partial charge in [0.25, 0.3) is 5.56 Å². The van der Waals surface area contributed by atoms with E-state index in [4.69, 9.17) is 9.47 Å². The van der Waals surface area contributed by atoms with Crippen LogP contribution in [0.15, 0.2) is 101 Å². The maximum atomic E-state index is 12.6. The molecule has 5 atom stereocenters. The summed E-state index contributed by atoms with van der Waals surface area (Å²) in [4.78, 5) is 26.4. The van der Waals surface area contributed by atoms with Crippen molar-refractivity contribution >= 4 is 11.8 Å². The predicted molar refractivity (Wildman–Crippen MR) is 152 cm³/mol. The van der Waals surface area contributed by atoms with Crippen LogP contribution in [0.1, 0.15) is 22.1 Å². The highest BCUT2D eigenvalue weighted by atomic mass is 32.2. The van der Waals surface area contributed by atoms with Crippen LogP contribution in [0, 0.1) is 0 Å². The summed E-state index contributed by atoms with van der Waals surface area (Å²) in [6, 6.07) is 25.3. The van der Waals surface area contributed by atoms with Crippen molar-refractivity contribution in [1.82, 2.24) is 9.55 Å². The van der Waals surface area contributed by atoms with Crippen LogP contribution >= 0.6 is 11.8 Å². The van der Waals surface area contributed by atoms with E-state index in [1.165, 1.54) is 12.3 Å². The van der Waals surface area contributed by atoms with Crippen LogP contribution in [0.25, 0.3) is 0 Å². The van der Waals surface area contributed by atoms with Crippen molar-refractivity contribution in [3.63, 3.8) is 0 Å². The fourth-order valence-corrected chi connectivity index (χ4v) is 7.09. The number of nitrogens with one attached hydrogen (secondary N) is 1. The summed E-state index contributed by atoms with van der Waals surface area (Å²) in [7, 11) is 3.15. The first-order valence-electron chi connectivity index (χ1n) is 12.7. The predicted octanol–water partition coefficient (Wildman–Crippen LogP) is 2.29. The van der Waals surface area contributed by atoms with Crippen molar-refractivity contribution in [2.24, 2.45) is 0 Å². The number of benzene rings is 3. The van der Waals surface area contributed by atoms with E-state index in [9.17, 15) is 24.9 Å². The van der Waals surface area contributed by atoms with Gasteiger partial charge in [-0.3, -0.25) is 14.3 Å². The van der Waals surface area contributed by atoms with Gasteiger partial charge in [0.05, 0.1) is 37.1 Å². The van der Waals surface area contributed by atoms with E-state index in [-0.39, 0.29) is 0 Å². The van der Waals surface area contributed by atoms with Gasteiger partial charge in [-0.1, -0.05) is 54.6 Å². The second-order valence-corrected chi connectivity index (χ2v) is 10.9. The molecule has 5 rings (SSSR count). The van der Waals surface area contributed by atoms with Gasteiger partial charge in [-0.2, -0.15) is 0 Å². The van der Waals surface area contributed by atoms with Gasteiger partial charge >= 0.3 is 5.69 Å². The fraction of sp³-hybridized carbons (Fsp3) is 0.267. The number of nitrogens with zero attached hydrogens (tertiary/aromatic N) is 1. The Balaban J connectivity index is 1.70. The molecule has 1 aliphatic rings. The first-order chi connectivity index (χ1) is 19.3. The maximum Gasteiger partial charge on any atom is 0.329 e. The Kier molecular flexibility index (Phi) is 7.86. The van der Waals surface area contributed by atoms with Crippen molar-refractivity contribution in [2.45, 2.75) is 34.4 Å². The topological polar surface area (TPSA) is 134 Å². The normalized spacial score (nSPS) is 21.6. The van der Waals surface area contributed by atoms with E-state index in [0.29, 0.717) is 11.5 Å². The molecule has 0 aliphatic carbocycles. The third kappa shape index (κ3) is 4.73. The summed E-state index contributed by atoms with van der Waals surface area (Å²) in [5, 5.41) is 32.9. The lowest BCUT2D eigenvalue weighted by atomic mass is 9.64. The summed E-state index contributed by atoms with van der Waals surface area (Å²) in [5.74, 6) is 1.27. The molecule has 1 aromatic heterocycles. The van der Waals surface area contributed by atoms with Crippen LogP contribution in [0.3, 0.4) is 0 Å². The smallest absolute Gasteiger partial charge is 0.329 e. The third-order valence-electron chi connectivity index (χ3n) is 7.48. The zero-order valence-corrected chi connectivity index (χ0v) is 22.7. The van der Waals surface area contributed by atoms with Crippen molar-refractivity contribution in [3.8, 4) is 11.5 Å². The number of thioether (sulfide) groups is 1. The van der Waals surface area contributed by atoms with Crippen molar-refractivity contribution < 1.29 is 24.8 Å². The quantitative estimate of drug-likeness (QED) is 0.241. The molecule has 0 amide bonds. The molecule has 40 heavy (non-hydrogen) atoms. The van der Waals surface area contributed by atoms with Crippen LogP contribution in [0.4, 0.5) is 0 Å². The van der Waals surface area contributed by atoms with Gasteiger partial charge in [0.2, 0.25) is 0 Å². The molecule has 0 radical (unpaired) electrons. The monoisotopic (exact) mass is 562 g/mol. The lowest BCUT2D eigenvalue weighted by molar-refractivity contribution is -0.0122. The summed E-state index contributed by atoms with van der Waals surface area (Å²) >= 11 is 1.08. The van der Waals surface area contributed by atoms with Crippen LogP contribution in [0.2, 0.25) is 0 Å². The average molecular weight is 563 g/mol. The van der Waals surface area contributed by atoms with Gasteiger partial charge < -0.3 is 24.8 Å². The molecule has 3 aromatic carbocycles. The first-order valence-corrected chi connectivity index (χ1v) is 13.6. The highest BCUT2D eigenvalue weighted by Gasteiger charge is 2.54. The number of ether oxygens (including phenoxy) is 2. The fourth-order valence-electron chi connectivity index (χ4n) is 5.47. The zero-order chi connectivity index (χ0) is 28.4. The van der Waals surface area contributed by atoms with E-state index in [0.717, 1.165) is 33.0 Å². The molecule has 9 nitrogen and oxygen atoms in total. The minimum Gasteiger partial charge on any atom is -0.497 e. The zero-order valence-electron chi connectivity index (χ0n) is 21.9. The average Bonchev–Trinajstić information content (AvgIpc) is 3.28. The molecule has 1 aliphatic heterocycles. The molecule has 4 aromatic rings. The van der Waals surface area contributed by atoms with Crippen LogP contribution < -0.4 is 20.7 Å². The van der Waals surface area contributed by atoms with E-state index >= 15 is 0 Å². The van der Waals surface area contributed by atoms with Gasteiger partial charge in [0.1, 0.15) is 23.0 Å². The van der Waals surface area contributed by atoms with Gasteiger partial charge in [-0.15, -0.1) is 11.8 Å². The molecule has 0 saturated carbocycles. The molecular formula is C30H30N2O7S. The lowest BCUT2D eigenvalue weighted by Gasteiger charge is -2.43. The third-order valence-corrected chi connectivity index (χ3v) is 9.11. The molecular weight excluding hydrogens is 532 g/mol. The molecule has 208 valence electrons. The number of aliphatic hydroxyl groups excluding tert-OH is 3. The highest BCUT2D eigenvalue weighted by molar-refractivity contribution is 8.00. The SMILES string of the molecule is COc1ccc(C(c2ccccc2)(c2ccc(OC)cc2)C(O)[C@@H]2S[C@H](n3ccc(=O)[nH]c3=O)[C@H](O)[C@@H]2O)cc1. The highest BCUT2D eigenvalue weighted by Crippen LogP contribution is 2.51. The Morgan fingerprint density at radius 1 is 0.800 bits per heavy atom. The lowest BCUT2D eigenvalue weighted by Crippen LogP contribution is -2.51. The number of methoxy groups -OCH3 is 2. The van der Waals surface area contributed by atoms with Crippen molar-refractivity contribution in [3.05, 3.63) is 129 Å². The van der Waals surface area contributed by atoms with Crippen LogP contribution in [-0.4, -0.2) is 62.7 Å². The molecule has 1 fully saturated rings. The Morgan fingerprint density at radius 3 is 1.82 bits per heavy atom. The number of aliphatic hydroxyl groups is 3. The molecule has 1 unspecified atom stereocenters. The molecule has 2 heterocycles. The summed E-state index contributed by atoms with van der Waals surface area (Å²) in [6.45, 7) is 0. The molecule has 0 spiro atoms. The Labute approximate surface area is 234 Å². The number of H-pyrrole nitrogens is 1. The van der Waals surface area contributed by atoms with Gasteiger partial charge in [-0.05, 0) is 41.0 Å². The van der Waals surface area contributed by atoms with Crippen LogP contribution in [0.5, 0.6) is 11.5 Å². The molecule has 4 N–H and O–H groups in total. The standard InChI is InChI=1S/C30H30N2O7S/c1-38-21-12-8-19(9-13-21)30(18-6-4-3-5-7-18,20-10-14-22(39-2)15-11-20)27(36)26-24(34)25(35)28(40-26)32-17-16-23(33)31-29(32)37/h3-17,24-28,34-36H,1-2H3,(H,31,33,37)/t24-,25+,26+,27?,28-/m0/s1. The van der Waals surface area contributed by atoms with Crippen molar-refractivity contribution in [2.75, 3.05) is 14.2 Å². The summed E-state index contributed by atoms with van der Waals surface area (Å²) in [5.41, 5.74) is -0.301. The van der Waals surface area contributed by atoms with Crippen LogP contribution in [-0.2, 0) is 5.41 Å². The number of aromatic amines is 1. The second kappa shape index (κ2) is 11.3. The van der Waals surface area contributed by atoms with E-state index in [1.54, 1.807) is 38.5 Å². The number of hydrogen-bond acceptors (Lipinski definition) is 8. The number of hydrogen-bond donors (Lipinski definition) is 4. The largest absolute Gasteiger partial charge is 0.497 e. The number of rotatable bonds is 8. The van der Waals surface area contributed by atoms with Gasteiger partial charge in [0.15, 0.2) is 0 Å². The maximum absolute atomic E-state index is 12.6. The summed E-state index contributed by atoms with van der Waals surface area (Å²) < 4.78 is 11.9. The Morgan fingerprint density at radius 2 is 1.32 bits per heavy atom. The Bertz CT molecular complexity index is 1510. The van der Waals surface area contributed by atoms with Gasteiger partial charge in [-0.25, -0.2) is 4.79 Å². The minimum absolute atomic E-state index is 0.571. The second-order valence-electron chi connectivity index (χ2n) is 9.57. The minimum atomic E-state index is -1.40.